The topological polar surface area (TPSA) is 84.2 Å². The molecular weight excluding hydrogens is 286 g/mol. The summed E-state index contributed by atoms with van der Waals surface area (Å²) in [6.07, 6.45) is 4.76. The van der Waals surface area contributed by atoms with E-state index in [4.69, 9.17) is 5.73 Å². The quantitative estimate of drug-likeness (QED) is 0.714. The standard InChI is InChI=1S/C15H21N3O2S/c1-21-9-8-13(16)15(20)18-11-4-2-10(3-5-11)14(19)17-12-6-7-12/h2-5,12-13H,6-9,16H2,1H3,(H,17,19)(H,18,20)/t13-/m0/s1. The molecular formula is C15H21N3O2S. The molecule has 1 aromatic rings. The normalized spacial score (nSPS) is 15.3. The predicted octanol–water partition coefficient (Wildman–Crippen LogP) is 1.60. The third-order valence-corrected chi connectivity index (χ3v) is 3.94. The highest BCUT2D eigenvalue weighted by molar-refractivity contribution is 7.98. The van der Waals surface area contributed by atoms with Crippen LogP contribution in [0.2, 0.25) is 0 Å². The molecule has 2 amide bonds. The summed E-state index contributed by atoms with van der Waals surface area (Å²) >= 11 is 1.66. The number of benzene rings is 1. The summed E-state index contributed by atoms with van der Waals surface area (Å²) < 4.78 is 0. The first-order valence-electron chi connectivity index (χ1n) is 7.06. The van der Waals surface area contributed by atoms with Crippen molar-refractivity contribution in [1.29, 1.82) is 0 Å². The number of hydrogen-bond donors (Lipinski definition) is 3. The van der Waals surface area contributed by atoms with Gasteiger partial charge in [0.05, 0.1) is 6.04 Å². The third kappa shape index (κ3) is 5.06. The van der Waals surface area contributed by atoms with Crippen LogP contribution in [-0.2, 0) is 4.79 Å². The van der Waals surface area contributed by atoms with Crippen LogP contribution in [0.4, 0.5) is 5.69 Å². The zero-order valence-corrected chi connectivity index (χ0v) is 12.9. The van der Waals surface area contributed by atoms with E-state index in [2.05, 4.69) is 10.6 Å². The van der Waals surface area contributed by atoms with E-state index in [-0.39, 0.29) is 11.8 Å². The van der Waals surface area contributed by atoms with Gasteiger partial charge in [-0.15, -0.1) is 0 Å². The molecule has 0 saturated heterocycles. The lowest BCUT2D eigenvalue weighted by atomic mass is 10.1. The minimum absolute atomic E-state index is 0.0629. The fraction of sp³-hybridized carbons (Fsp3) is 0.467. The summed E-state index contributed by atoms with van der Waals surface area (Å²) in [5, 5.41) is 5.69. The second-order valence-electron chi connectivity index (χ2n) is 5.20. The molecule has 5 nitrogen and oxygen atoms in total. The Bertz CT molecular complexity index is 500. The van der Waals surface area contributed by atoms with Gasteiger partial charge in [-0.1, -0.05) is 0 Å². The molecule has 6 heteroatoms. The molecule has 0 aliphatic heterocycles. The van der Waals surface area contributed by atoms with Gasteiger partial charge in [0.25, 0.3) is 5.91 Å². The first-order chi connectivity index (χ1) is 10.1. The van der Waals surface area contributed by atoms with Gasteiger partial charge in [-0.05, 0) is 55.5 Å². The van der Waals surface area contributed by atoms with Crippen molar-refractivity contribution >= 4 is 29.3 Å². The lowest BCUT2D eigenvalue weighted by molar-refractivity contribution is -0.117. The summed E-state index contributed by atoms with van der Waals surface area (Å²) in [4.78, 5) is 23.7. The van der Waals surface area contributed by atoms with Gasteiger partial charge in [-0.25, -0.2) is 0 Å². The number of nitrogens with two attached hydrogens (primary N) is 1. The van der Waals surface area contributed by atoms with Crippen LogP contribution in [0.15, 0.2) is 24.3 Å². The van der Waals surface area contributed by atoms with Crippen molar-refractivity contribution in [2.45, 2.75) is 31.3 Å². The maximum atomic E-state index is 11.9. The van der Waals surface area contributed by atoms with Gasteiger partial charge in [-0.2, -0.15) is 11.8 Å². The van der Waals surface area contributed by atoms with Crippen molar-refractivity contribution < 1.29 is 9.59 Å². The second kappa shape index (κ2) is 7.47. The molecule has 0 spiro atoms. The minimum atomic E-state index is -0.504. The Morgan fingerprint density at radius 3 is 2.57 bits per heavy atom. The van der Waals surface area contributed by atoms with Crippen molar-refractivity contribution in [2.24, 2.45) is 5.73 Å². The van der Waals surface area contributed by atoms with Gasteiger partial charge in [-0.3, -0.25) is 9.59 Å². The maximum Gasteiger partial charge on any atom is 0.251 e. The number of carbonyl (C=O) groups is 2. The van der Waals surface area contributed by atoms with Crippen LogP contribution in [0.25, 0.3) is 0 Å². The Labute approximate surface area is 129 Å². The van der Waals surface area contributed by atoms with E-state index >= 15 is 0 Å². The fourth-order valence-corrected chi connectivity index (χ4v) is 2.30. The Kier molecular flexibility index (Phi) is 5.64. The molecule has 21 heavy (non-hydrogen) atoms. The zero-order valence-electron chi connectivity index (χ0n) is 12.1. The van der Waals surface area contributed by atoms with Crippen molar-refractivity contribution in [3.05, 3.63) is 29.8 Å². The SMILES string of the molecule is CSCC[C@H](N)C(=O)Nc1ccc(C(=O)NC2CC2)cc1. The number of rotatable bonds is 7. The highest BCUT2D eigenvalue weighted by Crippen LogP contribution is 2.19. The first kappa shape index (κ1) is 15.9. The summed E-state index contributed by atoms with van der Waals surface area (Å²) in [5.41, 5.74) is 7.06. The summed E-state index contributed by atoms with van der Waals surface area (Å²) in [5.74, 6) is 0.598. The van der Waals surface area contributed by atoms with Gasteiger partial charge < -0.3 is 16.4 Å². The number of carbonyl (C=O) groups excluding carboxylic acids is 2. The lowest BCUT2D eigenvalue weighted by Crippen LogP contribution is -2.36. The van der Waals surface area contributed by atoms with Crippen LogP contribution in [0, 0.1) is 0 Å². The van der Waals surface area contributed by atoms with Crippen LogP contribution in [0.1, 0.15) is 29.6 Å². The highest BCUT2D eigenvalue weighted by atomic mass is 32.2. The van der Waals surface area contributed by atoms with E-state index < -0.39 is 6.04 Å². The molecule has 1 aliphatic carbocycles. The summed E-state index contributed by atoms with van der Waals surface area (Å²) in [6, 6.07) is 6.70. The minimum Gasteiger partial charge on any atom is -0.349 e. The molecule has 0 bridgehead atoms. The van der Waals surface area contributed by atoms with Crippen molar-refractivity contribution in [3.8, 4) is 0 Å². The molecule has 114 valence electrons. The number of hydrogen-bond acceptors (Lipinski definition) is 4. The van der Waals surface area contributed by atoms with Gasteiger partial charge in [0.2, 0.25) is 5.91 Å². The van der Waals surface area contributed by atoms with Gasteiger partial charge in [0.1, 0.15) is 0 Å². The average Bonchev–Trinajstić information content (AvgIpc) is 3.29. The summed E-state index contributed by atoms with van der Waals surface area (Å²) in [7, 11) is 0. The van der Waals surface area contributed by atoms with E-state index in [9.17, 15) is 9.59 Å². The van der Waals surface area contributed by atoms with Crippen LogP contribution >= 0.6 is 11.8 Å². The van der Waals surface area contributed by atoms with Crippen LogP contribution in [-0.4, -0.2) is 35.9 Å². The van der Waals surface area contributed by atoms with E-state index in [1.165, 1.54) is 0 Å². The van der Waals surface area contributed by atoms with Gasteiger partial charge in [0.15, 0.2) is 0 Å². The molecule has 0 aromatic heterocycles. The van der Waals surface area contributed by atoms with Crippen molar-refractivity contribution in [2.75, 3.05) is 17.3 Å². The molecule has 4 N–H and O–H groups in total. The summed E-state index contributed by atoms with van der Waals surface area (Å²) in [6.45, 7) is 0. The monoisotopic (exact) mass is 307 g/mol. The van der Waals surface area contributed by atoms with E-state index in [0.717, 1.165) is 18.6 Å². The molecule has 1 saturated carbocycles. The fourth-order valence-electron chi connectivity index (χ4n) is 1.81. The molecule has 1 atom stereocenters. The Morgan fingerprint density at radius 2 is 2.00 bits per heavy atom. The highest BCUT2D eigenvalue weighted by Gasteiger charge is 2.23. The van der Waals surface area contributed by atoms with E-state index in [1.807, 2.05) is 6.26 Å². The Hall–Kier alpha value is -1.53. The van der Waals surface area contributed by atoms with E-state index in [0.29, 0.717) is 23.7 Å². The lowest BCUT2D eigenvalue weighted by Gasteiger charge is -2.12. The van der Waals surface area contributed by atoms with Crippen molar-refractivity contribution in [1.82, 2.24) is 5.32 Å². The molecule has 0 heterocycles. The average molecular weight is 307 g/mol. The molecule has 0 unspecified atom stereocenters. The number of thioether (sulfide) groups is 1. The predicted molar refractivity (Wildman–Crippen MR) is 86.5 cm³/mol. The molecule has 2 rings (SSSR count). The smallest absolute Gasteiger partial charge is 0.251 e. The second-order valence-corrected chi connectivity index (χ2v) is 6.19. The Balaban J connectivity index is 1.86. The van der Waals surface area contributed by atoms with Crippen LogP contribution in [0.5, 0.6) is 0 Å². The largest absolute Gasteiger partial charge is 0.349 e. The first-order valence-corrected chi connectivity index (χ1v) is 8.46. The number of anilines is 1. The van der Waals surface area contributed by atoms with Crippen LogP contribution < -0.4 is 16.4 Å². The zero-order chi connectivity index (χ0) is 15.2. The van der Waals surface area contributed by atoms with Crippen LogP contribution in [0.3, 0.4) is 0 Å². The Morgan fingerprint density at radius 1 is 1.33 bits per heavy atom. The van der Waals surface area contributed by atoms with Gasteiger partial charge in [0, 0.05) is 17.3 Å². The molecule has 0 radical (unpaired) electrons. The van der Waals surface area contributed by atoms with Crippen molar-refractivity contribution in [3.63, 3.8) is 0 Å². The molecule has 1 aromatic carbocycles. The van der Waals surface area contributed by atoms with Gasteiger partial charge >= 0.3 is 0 Å². The molecule has 1 aliphatic rings. The number of amides is 2. The molecule has 1 fully saturated rings. The number of nitrogens with one attached hydrogen (secondary N) is 2. The van der Waals surface area contributed by atoms with E-state index in [1.54, 1.807) is 36.0 Å². The maximum absolute atomic E-state index is 11.9. The third-order valence-electron chi connectivity index (χ3n) is 3.30.